The van der Waals surface area contributed by atoms with Crippen molar-refractivity contribution >= 4 is 28.5 Å². The molecule has 0 atom stereocenters. The predicted octanol–water partition coefficient (Wildman–Crippen LogP) is 3.93. The van der Waals surface area contributed by atoms with Crippen LogP contribution in [0.5, 0.6) is 0 Å². The van der Waals surface area contributed by atoms with Crippen LogP contribution in [0.1, 0.15) is 39.3 Å². The van der Waals surface area contributed by atoms with E-state index in [-0.39, 0.29) is 23.4 Å². The van der Waals surface area contributed by atoms with Crippen LogP contribution in [0.3, 0.4) is 0 Å². The van der Waals surface area contributed by atoms with E-state index in [4.69, 9.17) is 4.42 Å². The number of para-hydroxylation sites is 1. The standard InChI is InChI=1S/C23H23N3O5/c1-15-12-18(6-7-19(15)26(29)30)22(27)24-14-16-8-10-25(11-9-16)23(28)21-13-17-4-2-3-5-20(17)31-21/h2-7,12-13,16H,8-11,14H2,1H3,(H,24,27). The fourth-order valence-electron chi connectivity index (χ4n) is 3.92. The topological polar surface area (TPSA) is 106 Å². The molecule has 8 nitrogen and oxygen atoms in total. The second kappa shape index (κ2) is 8.59. The molecule has 160 valence electrons. The van der Waals surface area contributed by atoms with Gasteiger partial charge in [-0.05, 0) is 49.9 Å². The number of rotatable bonds is 5. The minimum atomic E-state index is -0.461. The normalized spacial score (nSPS) is 14.5. The van der Waals surface area contributed by atoms with Crippen LogP contribution in [0, 0.1) is 23.0 Å². The number of carbonyl (C=O) groups is 2. The smallest absolute Gasteiger partial charge is 0.289 e. The molecule has 1 N–H and O–H groups in total. The van der Waals surface area contributed by atoms with Gasteiger partial charge in [-0.1, -0.05) is 18.2 Å². The molecular formula is C23H23N3O5. The molecular weight excluding hydrogens is 398 g/mol. The van der Waals surface area contributed by atoms with Crippen LogP contribution in [0.4, 0.5) is 5.69 Å². The lowest BCUT2D eigenvalue weighted by molar-refractivity contribution is -0.385. The van der Waals surface area contributed by atoms with E-state index < -0.39 is 4.92 Å². The van der Waals surface area contributed by atoms with E-state index in [1.54, 1.807) is 17.9 Å². The van der Waals surface area contributed by atoms with Crippen molar-refractivity contribution in [2.75, 3.05) is 19.6 Å². The summed E-state index contributed by atoms with van der Waals surface area (Å²) in [5, 5.41) is 14.7. The highest BCUT2D eigenvalue weighted by Gasteiger charge is 2.26. The molecule has 31 heavy (non-hydrogen) atoms. The van der Waals surface area contributed by atoms with Gasteiger partial charge in [-0.15, -0.1) is 0 Å². The molecule has 1 aliphatic rings. The number of nitro groups is 1. The number of amides is 2. The number of benzene rings is 2. The molecule has 0 radical (unpaired) electrons. The Labute approximate surface area is 179 Å². The lowest BCUT2D eigenvalue weighted by Crippen LogP contribution is -2.41. The van der Waals surface area contributed by atoms with Gasteiger partial charge in [0.1, 0.15) is 5.58 Å². The molecule has 1 aliphatic heterocycles. The maximum absolute atomic E-state index is 12.7. The molecule has 3 aromatic rings. The van der Waals surface area contributed by atoms with E-state index in [1.165, 1.54) is 18.2 Å². The summed E-state index contributed by atoms with van der Waals surface area (Å²) >= 11 is 0. The van der Waals surface area contributed by atoms with Gasteiger partial charge in [-0.25, -0.2) is 0 Å². The van der Waals surface area contributed by atoms with Crippen LogP contribution in [0.2, 0.25) is 0 Å². The summed E-state index contributed by atoms with van der Waals surface area (Å²) < 4.78 is 5.68. The third-order valence-electron chi connectivity index (χ3n) is 5.75. The Bertz CT molecular complexity index is 1110. The Morgan fingerprint density at radius 2 is 1.90 bits per heavy atom. The lowest BCUT2D eigenvalue weighted by Gasteiger charge is -2.31. The number of nitrogens with zero attached hydrogens (tertiary/aromatic N) is 2. The highest BCUT2D eigenvalue weighted by Crippen LogP contribution is 2.23. The molecule has 0 bridgehead atoms. The van der Waals surface area contributed by atoms with Crippen LogP contribution in [0.15, 0.2) is 52.9 Å². The number of fused-ring (bicyclic) bond motifs is 1. The summed E-state index contributed by atoms with van der Waals surface area (Å²) in [5.74, 6) is 0.253. The van der Waals surface area contributed by atoms with Crippen molar-refractivity contribution in [1.29, 1.82) is 0 Å². The number of hydrogen-bond donors (Lipinski definition) is 1. The Morgan fingerprint density at radius 1 is 1.16 bits per heavy atom. The van der Waals surface area contributed by atoms with Crippen LogP contribution < -0.4 is 5.32 Å². The van der Waals surface area contributed by atoms with Gasteiger partial charge < -0.3 is 14.6 Å². The van der Waals surface area contributed by atoms with Gasteiger partial charge in [0.2, 0.25) is 0 Å². The molecule has 1 aromatic heterocycles. The molecule has 0 spiro atoms. The Balaban J connectivity index is 1.29. The number of carbonyl (C=O) groups excluding carboxylic acids is 2. The van der Waals surface area contributed by atoms with Crippen molar-refractivity contribution in [2.45, 2.75) is 19.8 Å². The summed E-state index contributed by atoms with van der Waals surface area (Å²) in [6.07, 6.45) is 1.57. The minimum Gasteiger partial charge on any atom is -0.451 e. The monoisotopic (exact) mass is 421 g/mol. The van der Waals surface area contributed by atoms with Gasteiger partial charge in [0, 0.05) is 42.2 Å². The molecule has 0 unspecified atom stereocenters. The van der Waals surface area contributed by atoms with Gasteiger partial charge >= 0.3 is 0 Å². The number of furan rings is 1. The Morgan fingerprint density at radius 3 is 2.58 bits per heavy atom. The first kappa shape index (κ1) is 20.6. The van der Waals surface area contributed by atoms with Crippen molar-refractivity contribution in [2.24, 2.45) is 5.92 Å². The second-order valence-electron chi connectivity index (χ2n) is 7.85. The Hall–Kier alpha value is -3.68. The first-order chi connectivity index (χ1) is 14.9. The van der Waals surface area contributed by atoms with Crippen LogP contribution >= 0.6 is 0 Å². The first-order valence-electron chi connectivity index (χ1n) is 10.2. The van der Waals surface area contributed by atoms with Gasteiger partial charge in [0.25, 0.3) is 17.5 Å². The molecule has 1 saturated heterocycles. The zero-order valence-electron chi connectivity index (χ0n) is 17.2. The third kappa shape index (κ3) is 4.42. The number of piperidine rings is 1. The van der Waals surface area contributed by atoms with Crippen LogP contribution in [-0.4, -0.2) is 41.3 Å². The first-order valence-corrected chi connectivity index (χ1v) is 10.2. The van der Waals surface area contributed by atoms with E-state index in [1.807, 2.05) is 24.3 Å². The van der Waals surface area contributed by atoms with Crippen molar-refractivity contribution in [3.63, 3.8) is 0 Å². The number of nitrogens with one attached hydrogen (secondary N) is 1. The Kier molecular flexibility index (Phi) is 5.70. The molecule has 0 aliphatic carbocycles. The lowest BCUT2D eigenvalue weighted by atomic mass is 9.96. The number of aryl methyl sites for hydroxylation is 1. The summed E-state index contributed by atoms with van der Waals surface area (Å²) in [6, 6.07) is 13.7. The molecule has 0 saturated carbocycles. The van der Waals surface area contributed by atoms with E-state index in [0.717, 1.165) is 18.2 Å². The largest absolute Gasteiger partial charge is 0.451 e. The molecule has 8 heteroatoms. The maximum atomic E-state index is 12.7. The second-order valence-corrected chi connectivity index (χ2v) is 7.85. The van der Waals surface area contributed by atoms with E-state index >= 15 is 0 Å². The van der Waals surface area contributed by atoms with Crippen molar-refractivity contribution < 1.29 is 18.9 Å². The van der Waals surface area contributed by atoms with Crippen LogP contribution in [-0.2, 0) is 0 Å². The predicted molar refractivity (Wildman–Crippen MR) is 115 cm³/mol. The molecule has 2 heterocycles. The maximum Gasteiger partial charge on any atom is 0.289 e. The molecule has 4 rings (SSSR count). The zero-order valence-corrected chi connectivity index (χ0v) is 17.2. The summed E-state index contributed by atoms with van der Waals surface area (Å²) in [5.41, 5.74) is 1.55. The number of hydrogen-bond acceptors (Lipinski definition) is 5. The molecule has 1 fully saturated rings. The fourth-order valence-corrected chi connectivity index (χ4v) is 3.92. The van der Waals surface area contributed by atoms with Gasteiger partial charge in [-0.3, -0.25) is 19.7 Å². The quantitative estimate of drug-likeness (QED) is 0.496. The molecule has 2 amide bonds. The number of nitro benzene ring substituents is 1. The van der Waals surface area contributed by atoms with Crippen molar-refractivity contribution in [3.8, 4) is 0 Å². The van der Waals surface area contributed by atoms with Crippen molar-refractivity contribution in [1.82, 2.24) is 10.2 Å². The van der Waals surface area contributed by atoms with E-state index in [0.29, 0.717) is 42.1 Å². The third-order valence-corrected chi connectivity index (χ3v) is 5.75. The zero-order chi connectivity index (χ0) is 22.0. The molecule has 2 aromatic carbocycles. The fraction of sp³-hybridized carbons (Fsp3) is 0.304. The average Bonchev–Trinajstić information content (AvgIpc) is 3.21. The van der Waals surface area contributed by atoms with Gasteiger partial charge in [-0.2, -0.15) is 0 Å². The number of likely N-dealkylation sites (tertiary alicyclic amines) is 1. The summed E-state index contributed by atoms with van der Waals surface area (Å²) in [6.45, 7) is 3.32. The highest BCUT2D eigenvalue weighted by molar-refractivity contribution is 5.96. The SMILES string of the molecule is Cc1cc(C(=O)NCC2CCN(C(=O)c3cc4ccccc4o3)CC2)ccc1[N+](=O)[O-]. The van der Waals surface area contributed by atoms with Crippen molar-refractivity contribution in [3.05, 3.63) is 75.5 Å². The summed E-state index contributed by atoms with van der Waals surface area (Å²) in [4.78, 5) is 37.4. The van der Waals surface area contributed by atoms with E-state index in [9.17, 15) is 19.7 Å². The van der Waals surface area contributed by atoms with E-state index in [2.05, 4.69) is 5.32 Å². The van der Waals surface area contributed by atoms with Gasteiger partial charge in [0.05, 0.1) is 4.92 Å². The average molecular weight is 421 g/mol. The van der Waals surface area contributed by atoms with Gasteiger partial charge in [0.15, 0.2) is 5.76 Å². The summed E-state index contributed by atoms with van der Waals surface area (Å²) in [7, 11) is 0. The highest BCUT2D eigenvalue weighted by atomic mass is 16.6. The minimum absolute atomic E-state index is 0.00181. The van der Waals surface area contributed by atoms with Crippen LogP contribution in [0.25, 0.3) is 11.0 Å².